The van der Waals surface area contributed by atoms with E-state index in [9.17, 15) is 9.65 Å². The normalized spacial score (nSPS) is 11.1. The van der Waals surface area contributed by atoms with Crippen molar-refractivity contribution >= 4 is 22.6 Å². The molecule has 24 heavy (non-hydrogen) atoms. The van der Waals surface area contributed by atoms with Gasteiger partial charge >= 0.3 is 0 Å². The summed E-state index contributed by atoms with van der Waals surface area (Å²) in [6.07, 6.45) is 1.59. The van der Waals surface area contributed by atoms with Crippen molar-refractivity contribution in [2.75, 3.05) is 5.32 Å². The average molecular weight is 335 g/mol. The number of rotatable bonds is 4. The smallest absolute Gasteiger partial charge is 0.136 e. The van der Waals surface area contributed by atoms with Crippen LogP contribution in [0.2, 0.25) is 0 Å². The topological polar surface area (TPSA) is 48.7 Å². The molecule has 118 valence electrons. The number of nitrogens with zero attached hydrogens (tertiary/aromatic N) is 2. The lowest BCUT2D eigenvalue weighted by Crippen LogP contribution is -1.91. The highest BCUT2D eigenvalue weighted by Crippen LogP contribution is 2.26. The fourth-order valence-electron chi connectivity index (χ4n) is 2.10. The molecule has 0 aliphatic heterocycles. The van der Waals surface area contributed by atoms with E-state index in [4.69, 9.17) is 0 Å². The Kier molecular flexibility index (Phi) is 4.69. The van der Waals surface area contributed by atoms with Gasteiger partial charge < -0.3 is 5.32 Å². The molecule has 0 aliphatic carbocycles. The highest BCUT2D eigenvalue weighted by Gasteiger charge is 2.09. The van der Waals surface area contributed by atoms with Gasteiger partial charge in [-0.25, -0.2) is 9.37 Å². The number of anilines is 1. The van der Waals surface area contributed by atoms with E-state index in [-0.39, 0.29) is 5.82 Å². The molecule has 3 aromatic rings. The minimum Gasteiger partial charge on any atom is -0.360 e. The molecule has 0 amide bonds. The number of halogens is 1. The Morgan fingerprint density at radius 2 is 1.88 bits per heavy atom. The molecule has 3 nitrogen and oxygen atoms in total. The number of nitrogens with one attached hydrogen (secondary N) is 1. The molecule has 0 saturated carbocycles. The number of allylic oxidation sites excluding steroid dienone is 1. The quantitative estimate of drug-likeness (QED) is 0.664. The maximum Gasteiger partial charge on any atom is 0.136 e. The van der Waals surface area contributed by atoms with Crippen LogP contribution < -0.4 is 5.32 Å². The summed E-state index contributed by atoms with van der Waals surface area (Å²) in [5.74, 6) is -0.298. The molecule has 0 spiro atoms. The molecular formula is C19H14FN3S. The zero-order valence-electron chi connectivity index (χ0n) is 13.0. The molecule has 1 N–H and O–H groups in total. The highest BCUT2D eigenvalue weighted by atomic mass is 32.1. The highest BCUT2D eigenvalue weighted by molar-refractivity contribution is 7.11. The van der Waals surface area contributed by atoms with Crippen LogP contribution in [0.15, 0.2) is 60.1 Å². The van der Waals surface area contributed by atoms with Crippen LogP contribution >= 0.6 is 11.3 Å². The zero-order chi connectivity index (χ0) is 16.9. The third-order valence-electron chi connectivity index (χ3n) is 3.43. The minimum atomic E-state index is -0.298. The van der Waals surface area contributed by atoms with Gasteiger partial charge in [0.1, 0.15) is 22.5 Å². The molecule has 1 aromatic heterocycles. The number of benzene rings is 2. The lowest BCUT2D eigenvalue weighted by Gasteiger charge is -2.01. The molecule has 0 fully saturated rings. The summed E-state index contributed by atoms with van der Waals surface area (Å²) >= 11 is 1.42. The monoisotopic (exact) mass is 335 g/mol. The number of nitriles is 1. The third-order valence-corrected chi connectivity index (χ3v) is 4.31. The Bertz CT molecular complexity index is 903. The van der Waals surface area contributed by atoms with Gasteiger partial charge in [0.25, 0.3) is 0 Å². The molecule has 5 heteroatoms. The van der Waals surface area contributed by atoms with Crippen LogP contribution in [-0.2, 0) is 0 Å². The van der Waals surface area contributed by atoms with Crippen molar-refractivity contribution < 1.29 is 4.39 Å². The van der Waals surface area contributed by atoms with Crippen LogP contribution in [0.25, 0.3) is 16.8 Å². The van der Waals surface area contributed by atoms with Crippen molar-refractivity contribution in [3.8, 4) is 17.3 Å². The van der Waals surface area contributed by atoms with Crippen molar-refractivity contribution in [1.82, 2.24) is 4.98 Å². The van der Waals surface area contributed by atoms with Crippen LogP contribution in [0.5, 0.6) is 0 Å². The van der Waals surface area contributed by atoms with Gasteiger partial charge in [0, 0.05) is 22.8 Å². The average Bonchev–Trinajstić information content (AvgIpc) is 3.08. The van der Waals surface area contributed by atoms with Crippen molar-refractivity contribution in [3.63, 3.8) is 0 Å². The summed E-state index contributed by atoms with van der Waals surface area (Å²) in [5, 5.41) is 14.9. The number of aromatic nitrogens is 1. The summed E-state index contributed by atoms with van der Waals surface area (Å²) in [4.78, 5) is 4.54. The summed E-state index contributed by atoms with van der Waals surface area (Å²) in [5.41, 5.74) is 4.20. The Morgan fingerprint density at radius 1 is 1.17 bits per heavy atom. The molecule has 1 heterocycles. The first kappa shape index (κ1) is 15.9. The van der Waals surface area contributed by atoms with Gasteiger partial charge in [-0.1, -0.05) is 29.8 Å². The molecule has 0 atom stereocenters. The summed E-state index contributed by atoms with van der Waals surface area (Å²) in [7, 11) is 0. The predicted molar refractivity (Wildman–Crippen MR) is 95.9 cm³/mol. The predicted octanol–water partition coefficient (Wildman–Crippen LogP) is 5.23. The molecule has 0 aliphatic rings. The summed E-state index contributed by atoms with van der Waals surface area (Å²) < 4.78 is 12.9. The van der Waals surface area contributed by atoms with Crippen LogP contribution in [-0.4, -0.2) is 4.98 Å². The first-order valence-electron chi connectivity index (χ1n) is 7.31. The zero-order valence-corrected chi connectivity index (χ0v) is 13.8. The lowest BCUT2D eigenvalue weighted by atomic mass is 10.1. The van der Waals surface area contributed by atoms with E-state index in [0.29, 0.717) is 16.3 Å². The Labute approximate surface area is 143 Å². The number of hydrogen-bond donors (Lipinski definition) is 1. The largest absolute Gasteiger partial charge is 0.360 e. The van der Waals surface area contributed by atoms with E-state index in [1.54, 1.807) is 18.3 Å². The fourth-order valence-corrected chi connectivity index (χ4v) is 2.89. The molecule has 0 unspecified atom stereocenters. The van der Waals surface area contributed by atoms with Crippen molar-refractivity contribution in [2.45, 2.75) is 6.92 Å². The minimum absolute atomic E-state index is 0.298. The second-order valence-corrected chi connectivity index (χ2v) is 6.08. The first-order valence-corrected chi connectivity index (χ1v) is 8.19. The van der Waals surface area contributed by atoms with Gasteiger partial charge in [0.15, 0.2) is 0 Å². The van der Waals surface area contributed by atoms with E-state index in [0.717, 1.165) is 11.3 Å². The molecule has 2 aromatic carbocycles. The van der Waals surface area contributed by atoms with Crippen LogP contribution in [0.3, 0.4) is 0 Å². The Hall–Kier alpha value is -2.97. The molecule has 0 bridgehead atoms. The second-order valence-electron chi connectivity index (χ2n) is 5.22. The Balaban J connectivity index is 1.81. The number of hydrogen-bond acceptors (Lipinski definition) is 4. The third kappa shape index (κ3) is 3.67. The van der Waals surface area contributed by atoms with Crippen LogP contribution in [0, 0.1) is 24.1 Å². The van der Waals surface area contributed by atoms with Crippen molar-refractivity contribution in [2.24, 2.45) is 0 Å². The van der Waals surface area contributed by atoms with Crippen LogP contribution in [0.4, 0.5) is 10.1 Å². The van der Waals surface area contributed by atoms with E-state index in [1.165, 1.54) is 29.0 Å². The van der Waals surface area contributed by atoms with E-state index in [1.807, 2.05) is 36.6 Å². The van der Waals surface area contributed by atoms with Crippen molar-refractivity contribution in [1.29, 1.82) is 5.26 Å². The van der Waals surface area contributed by atoms with Gasteiger partial charge in [0.05, 0.1) is 5.69 Å². The van der Waals surface area contributed by atoms with Gasteiger partial charge in [-0.15, -0.1) is 11.3 Å². The number of aryl methyl sites for hydroxylation is 1. The number of thiazole rings is 1. The van der Waals surface area contributed by atoms with Gasteiger partial charge in [0.2, 0.25) is 0 Å². The maximum atomic E-state index is 12.9. The Morgan fingerprint density at radius 3 is 2.54 bits per heavy atom. The van der Waals surface area contributed by atoms with Gasteiger partial charge in [-0.05, 0) is 31.2 Å². The summed E-state index contributed by atoms with van der Waals surface area (Å²) in [6.45, 7) is 2.04. The van der Waals surface area contributed by atoms with Crippen molar-refractivity contribution in [3.05, 3.63) is 76.5 Å². The van der Waals surface area contributed by atoms with E-state index in [2.05, 4.69) is 16.4 Å². The standard InChI is InChI=1S/C19H14FN3S/c1-13-2-4-14(5-3-13)18-12-24-19(23-18)15(10-21)11-22-17-8-6-16(20)7-9-17/h2-9,11-12,22H,1H3/b15-11+. The van der Waals surface area contributed by atoms with Gasteiger partial charge in [-0.3, -0.25) is 0 Å². The van der Waals surface area contributed by atoms with Crippen LogP contribution in [0.1, 0.15) is 10.6 Å². The lowest BCUT2D eigenvalue weighted by molar-refractivity contribution is 0.628. The SMILES string of the molecule is Cc1ccc(-c2csc(/C(C#N)=C/Nc3ccc(F)cc3)n2)cc1. The molecule has 0 radical (unpaired) electrons. The first-order chi connectivity index (χ1) is 11.7. The summed E-state index contributed by atoms with van der Waals surface area (Å²) in [6, 6.07) is 16.2. The van der Waals surface area contributed by atoms with E-state index >= 15 is 0 Å². The molecule has 3 rings (SSSR count). The molecular weight excluding hydrogens is 321 g/mol. The second kappa shape index (κ2) is 7.07. The fraction of sp³-hybridized carbons (Fsp3) is 0.0526. The maximum absolute atomic E-state index is 12.9. The molecule has 0 saturated heterocycles. The van der Waals surface area contributed by atoms with Gasteiger partial charge in [-0.2, -0.15) is 5.26 Å². The van der Waals surface area contributed by atoms with E-state index < -0.39 is 0 Å².